The molecule has 0 aromatic rings. The molecule has 0 unspecified atom stereocenters. The van der Waals surface area contributed by atoms with Crippen LogP contribution in [0.5, 0.6) is 0 Å². The average molecular weight is 128 g/mol. The molecule has 0 heterocycles. The standard InChI is InChI=1S/C6H8O3/c1-5(2)9-6(8)3-4-7/h3,5H,1-2H3. The molecule has 0 spiro atoms. The van der Waals surface area contributed by atoms with Gasteiger partial charge in [0.15, 0.2) is 0 Å². The number of esters is 1. The van der Waals surface area contributed by atoms with Crippen LogP contribution in [-0.2, 0) is 14.3 Å². The Morgan fingerprint density at radius 2 is 2.22 bits per heavy atom. The summed E-state index contributed by atoms with van der Waals surface area (Å²) in [4.78, 5) is 19.8. The van der Waals surface area contributed by atoms with Crippen molar-refractivity contribution < 1.29 is 14.3 Å². The molecule has 50 valence electrons. The fourth-order valence-corrected chi connectivity index (χ4v) is 0.314. The first kappa shape index (κ1) is 7.92. The predicted molar refractivity (Wildman–Crippen MR) is 31.5 cm³/mol. The van der Waals surface area contributed by atoms with Gasteiger partial charge in [-0.25, -0.2) is 9.59 Å². The van der Waals surface area contributed by atoms with Crippen LogP contribution in [0.1, 0.15) is 13.8 Å². The van der Waals surface area contributed by atoms with E-state index in [1.165, 1.54) is 5.94 Å². The Morgan fingerprint density at radius 3 is 2.56 bits per heavy atom. The summed E-state index contributed by atoms with van der Waals surface area (Å²) in [5.74, 6) is 0.684. The van der Waals surface area contributed by atoms with E-state index < -0.39 is 5.97 Å². The van der Waals surface area contributed by atoms with Gasteiger partial charge in [0.1, 0.15) is 12.0 Å². The van der Waals surface area contributed by atoms with Crippen molar-refractivity contribution in [1.29, 1.82) is 0 Å². The Hall–Kier alpha value is -1.08. The van der Waals surface area contributed by atoms with E-state index in [1.54, 1.807) is 13.8 Å². The van der Waals surface area contributed by atoms with Crippen LogP contribution in [0.4, 0.5) is 0 Å². The Balaban J connectivity index is 3.64. The second kappa shape index (κ2) is 3.87. The first-order valence-electron chi connectivity index (χ1n) is 2.58. The largest absolute Gasteiger partial charge is 0.459 e. The minimum atomic E-state index is -0.639. The summed E-state index contributed by atoms with van der Waals surface area (Å²) in [6, 6.07) is 0. The van der Waals surface area contributed by atoms with Crippen LogP contribution < -0.4 is 0 Å². The molecule has 0 aliphatic carbocycles. The van der Waals surface area contributed by atoms with E-state index in [4.69, 9.17) is 0 Å². The summed E-state index contributed by atoms with van der Waals surface area (Å²) in [5, 5.41) is 0. The molecular weight excluding hydrogens is 120 g/mol. The zero-order valence-electron chi connectivity index (χ0n) is 5.38. The molecular formula is C6H8O3. The Kier molecular flexibility index (Phi) is 3.40. The Labute approximate surface area is 53.3 Å². The van der Waals surface area contributed by atoms with Crippen molar-refractivity contribution in [2.24, 2.45) is 0 Å². The predicted octanol–water partition coefficient (Wildman–Crippen LogP) is 0.326. The lowest BCUT2D eigenvalue weighted by Crippen LogP contribution is -2.08. The number of carbonyl (C=O) groups is 1. The molecule has 9 heavy (non-hydrogen) atoms. The maximum Gasteiger partial charge on any atom is 0.342 e. The first-order chi connectivity index (χ1) is 4.16. The smallest absolute Gasteiger partial charge is 0.342 e. The third-order valence-corrected chi connectivity index (χ3v) is 0.529. The van der Waals surface area contributed by atoms with Crippen molar-refractivity contribution in [3.05, 3.63) is 6.08 Å². The highest BCUT2D eigenvalue weighted by molar-refractivity contribution is 5.89. The van der Waals surface area contributed by atoms with Gasteiger partial charge in [-0.1, -0.05) is 0 Å². The van der Waals surface area contributed by atoms with E-state index in [9.17, 15) is 9.59 Å². The Morgan fingerprint density at radius 1 is 1.67 bits per heavy atom. The van der Waals surface area contributed by atoms with Crippen LogP contribution >= 0.6 is 0 Å². The highest BCUT2D eigenvalue weighted by Gasteiger charge is 1.98. The lowest BCUT2D eigenvalue weighted by atomic mass is 10.5. The zero-order valence-corrected chi connectivity index (χ0v) is 5.38. The van der Waals surface area contributed by atoms with Gasteiger partial charge in [-0.3, -0.25) is 0 Å². The maximum absolute atomic E-state index is 10.3. The van der Waals surface area contributed by atoms with E-state index in [1.807, 2.05) is 0 Å². The molecule has 0 radical (unpaired) electrons. The molecule has 0 N–H and O–H groups in total. The van der Waals surface area contributed by atoms with Crippen LogP contribution in [0.15, 0.2) is 6.08 Å². The third-order valence-electron chi connectivity index (χ3n) is 0.529. The summed E-state index contributed by atoms with van der Waals surface area (Å²) in [5.41, 5.74) is 0. The fourth-order valence-electron chi connectivity index (χ4n) is 0.314. The van der Waals surface area contributed by atoms with Crippen LogP contribution in [0, 0.1) is 0 Å². The topological polar surface area (TPSA) is 43.4 Å². The molecule has 0 aliphatic rings. The molecule has 3 nitrogen and oxygen atoms in total. The fraction of sp³-hybridized carbons (Fsp3) is 0.500. The molecule has 0 saturated heterocycles. The third kappa shape index (κ3) is 4.78. The zero-order chi connectivity index (χ0) is 7.28. The lowest BCUT2D eigenvalue weighted by molar-refractivity contribution is -0.141. The normalized spacial score (nSPS) is 8.33. The quantitative estimate of drug-likeness (QED) is 0.305. The van der Waals surface area contributed by atoms with Crippen molar-refractivity contribution in [3.63, 3.8) is 0 Å². The molecule has 0 atom stereocenters. The molecule has 0 amide bonds. The molecule has 0 rings (SSSR count). The lowest BCUT2D eigenvalue weighted by Gasteiger charge is -2.01. The number of carbonyl (C=O) groups excluding carboxylic acids is 2. The van der Waals surface area contributed by atoms with E-state index in [-0.39, 0.29) is 6.10 Å². The second-order valence-electron chi connectivity index (χ2n) is 1.75. The van der Waals surface area contributed by atoms with Crippen LogP contribution in [0.3, 0.4) is 0 Å². The van der Waals surface area contributed by atoms with Crippen molar-refractivity contribution in [2.75, 3.05) is 0 Å². The highest BCUT2D eigenvalue weighted by atomic mass is 16.5. The van der Waals surface area contributed by atoms with Crippen LogP contribution in [-0.4, -0.2) is 18.0 Å². The SMILES string of the molecule is CC(C)OC(=O)C=C=O. The molecule has 0 saturated carbocycles. The van der Waals surface area contributed by atoms with Gasteiger partial charge in [-0.2, -0.15) is 0 Å². The van der Waals surface area contributed by atoms with E-state index in [0.717, 1.165) is 6.08 Å². The molecule has 3 heteroatoms. The average Bonchev–Trinajstić information content (AvgIpc) is 1.63. The van der Waals surface area contributed by atoms with Gasteiger partial charge in [0, 0.05) is 0 Å². The Bertz CT molecular complexity index is 142. The van der Waals surface area contributed by atoms with Gasteiger partial charge in [-0.15, -0.1) is 0 Å². The summed E-state index contributed by atoms with van der Waals surface area (Å²) in [7, 11) is 0. The minimum absolute atomic E-state index is 0.179. The van der Waals surface area contributed by atoms with Crippen molar-refractivity contribution in [1.82, 2.24) is 0 Å². The van der Waals surface area contributed by atoms with E-state index >= 15 is 0 Å². The van der Waals surface area contributed by atoms with Gasteiger partial charge in [-0.05, 0) is 13.8 Å². The maximum atomic E-state index is 10.3. The number of hydrogen-bond acceptors (Lipinski definition) is 3. The van der Waals surface area contributed by atoms with Crippen molar-refractivity contribution in [2.45, 2.75) is 20.0 Å². The number of rotatable bonds is 2. The molecule has 0 aliphatic heterocycles. The minimum Gasteiger partial charge on any atom is -0.459 e. The van der Waals surface area contributed by atoms with Gasteiger partial charge in [0.2, 0.25) is 0 Å². The summed E-state index contributed by atoms with van der Waals surface area (Å²) in [6.45, 7) is 3.41. The number of ether oxygens (including phenoxy) is 1. The number of hydrogen-bond donors (Lipinski definition) is 0. The van der Waals surface area contributed by atoms with E-state index in [0.29, 0.717) is 0 Å². The van der Waals surface area contributed by atoms with E-state index in [2.05, 4.69) is 4.74 Å². The molecule has 0 aromatic heterocycles. The highest BCUT2D eigenvalue weighted by Crippen LogP contribution is 1.87. The molecule has 0 fully saturated rings. The summed E-state index contributed by atoms with van der Waals surface area (Å²) < 4.78 is 4.53. The van der Waals surface area contributed by atoms with Gasteiger partial charge in [0.05, 0.1) is 6.10 Å². The molecule has 0 aromatic carbocycles. The monoisotopic (exact) mass is 128 g/mol. The molecule has 0 bridgehead atoms. The van der Waals surface area contributed by atoms with Gasteiger partial charge >= 0.3 is 5.97 Å². The summed E-state index contributed by atoms with van der Waals surface area (Å²) in [6.07, 6.45) is 0.544. The van der Waals surface area contributed by atoms with Gasteiger partial charge < -0.3 is 4.74 Å². The van der Waals surface area contributed by atoms with Gasteiger partial charge in [0.25, 0.3) is 0 Å². The van der Waals surface area contributed by atoms with Crippen molar-refractivity contribution >= 4 is 11.9 Å². The second-order valence-corrected chi connectivity index (χ2v) is 1.75. The van der Waals surface area contributed by atoms with Crippen LogP contribution in [0.2, 0.25) is 0 Å². The summed E-state index contributed by atoms with van der Waals surface area (Å²) >= 11 is 0. The van der Waals surface area contributed by atoms with Crippen molar-refractivity contribution in [3.8, 4) is 0 Å². The first-order valence-corrected chi connectivity index (χ1v) is 2.58. The van der Waals surface area contributed by atoms with Crippen LogP contribution in [0.25, 0.3) is 0 Å².